The molecule has 4 rings (SSSR count). The fourth-order valence-corrected chi connectivity index (χ4v) is 3.72. The molecule has 0 aliphatic carbocycles. The van der Waals surface area contributed by atoms with Crippen molar-refractivity contribution in [2.75, 3.05) is 31.7 Å². The predicted octanol–water partition coefficient (Wildman–Crippen LogP) is 3.51. The third-order valence-corrected chi connectivity index (χ3v) is 5.18. The second-order valence-corrected chi connectivity index (χ2v) is 7.04. The lowest BCUT2D eigenvalue weighted by molar-refractivity contribution is 0.185. The molecule has 0 N–H and O–H groups in total. The highest BCUT2D eigenvalue weighted by Crippen LogP contribution is 2.29. The van der Waals surface area contributed by atoms with Crippen molar-refractivity contribution in [3.05, 3.63) is 60.4 Å². The van der Waals surface area contributed by atoms with Crippen LogP contribution in [-0.4, -0.2) is 46.6 Å². The van der Waals surface area contributed by atoms with E-state index < -0.39 is 0 Å². The van der Waals surface area contributed by atoms with Gasteiger partial charge in [-0.1, -0.05) is 0 Å². The van der Waals surface area contributed by atoms with Crippen LogP contribution in [0.25, 0.3) is 11.3 Å². The third-order valence-electron chi connectivity index (χ3n) is 5.18. The van der Waals surface area contributed by atoms with Crippen LogP contribution >= 0.6 is 0 Å². The molecule has 1 fully saturated rings. The van der Waals surface area contributed by atoms with E-state index in [0.29, 0.717) is 12.5 Å². The number of benzene rings is 1. The molecule has 6 nitrogen and oxygen atoms in total. The minimum atomic E-state index is -0.253. The van der Waals surface area contributed by atoms with Crippen LogP contribution in [0.1, 0.15) is 24.6 Å². The number of nitrogens with zero attached hydrogens (tertiary/aromatic N) is 5. The quantitative estimate of drug-likeness (QED) is 0.654. The minimum absolute atomic E-state index is 0.253. The summed E-state index contributed by atoms with van der Waals surface area (Å²) in [6.07, 6.45) is 6.08. The molecule has 0 radical (unpaired) electrons. The molecule has 0 amide bonds. The SMILES string of the molecule is COCCn1ccnc1[C@H]1CCCN(c2ccc(-c3ccc(F)cc3)nn2)C1. The highest BCUT2D eigenvalue weighted by Gasteiger charge is 2.25. The fraction of sp³-hybridized carbons (Fsp3) is 0.381. The van der Waals surface area contributed by atoms with Gasteiger partial charge in [-0.05, 0) is 49.2 Å². The lowest BCUT2D eigenvalue weighted by atomic mass is 9.97. The fourth-order valence-electron chi connectivity index (χ4n) is 3.72. The Morgan fingerprint density at radius 3 is 2.75 bits per heavy atom. The van der Waals surface area contributed by atoms with Gasteiger partial charge in [0, 0.05) is 50.6 Å². The van der Waals surface area contributed by atoms with Crippen LogP contribution in [0.2, 0.25) is 0 Å². The average Bonchev–Trinajstić information content (AvgIpc) is 3.22. The Kier molecular flexibility index (Phi) is 5.62. The van der Waals surface area contributed by atoms with Crippen molar-refractivity contribution in [1.82, 2.24) is 19.7 Å². The van der Waals surface area contributed by atoms with Crippen molar-refractivity contribution >= 4 is 5.82 Å². The first-order valence-electron chi connectivity index (χ1n) is 9.59. The Balaban J connectivity index is 1.47. The zero-order chi connectivity index (χ0) is 19.3. The number of rotatable bonds is 6. The van der Waals surface area contributed by atoms with Crippen LogP contribution in [0.4, 0.5) is 10.2 Å². The summed E-state index contributed by atoms with van der Waals surface area (Å²) in [5.74, 6) is 2.08. The van der Waals surface area contributed by atoms with Gasteiger partial charge in [-0.15, -0.1) is 10.2 Å². The monoisotopic (exact) mass is 381 g/mol. The second kappa shape index (κ2) is 8.48. The van der Waals surface area contributed by atoms with Crippen LogP contribution in [0.3, 0.4) is 0 Å². The molecule has 0 spiro atoms. The molecule has 0 bridgehead atoms. The Hall–Kier alpha value is -2.80. The summed E-state index contributed by atoms with van der Waals surface area (Å²) in [5.41, 5.74) is 1.60. The molecule has 3 aromatic rings. The maximum atomic E-state index is 13.1. The van der Waals surface area contributed by atoms with E-state index >= 15 is 0 Å². The van der Waals surface area contributed by atoms with E-state index in [1.54, 1.807) is 19.2 Å². The summed E-state index contributed by atoms with van der Waals surface area (Å²) in [7, 11) is 1.72. The predicted molar refractivity (Wildman–Crippen MR) is 106 cm³/mol. The number of methoxy groups -OCH3 is 1. The zero-order valence-corrected chi connectivity index (χ0v) is 16.0. The first kappa shape index (κ1) is 18.6. The summed E-state index contributed by atoms with van der Waals surface area (Å²) in [4.78, 5) is 6.86. The maximum Gasteiger partial charge on any atom is 0.151 e. The van der Waals surface area contributed by atoms with Crippen LogP contribution in [0.5, 0.6) is 0 Å². The topological polar surface area (TPSA) is 56.1 Å². The number of halogens is 1. The van der Waals surface area contributed by atoms with Gasteiger partial charge in [-0.25, -0.2) is 9.37 Å². The van der Waals surface area contributed by atoms with Gasteiger partial charge in [0.2, 0.25) is 0 Å². The van der Waals surface area contributed by atoms with Crippen LogP contribution in [0.15, 0.2) is 48.8 Å². The number of piperidine rings is 1. The minimum Gasteiger partial charge on any atom is -0.383 e. The maximum absolute atomic E-state index is 13.1. The highest BCUT2D eigenvalue weighted by molar-refractivity contribution is 5.59. The van der Waals surface area contributed by atoms with E-state index in [0.717, 1.165) is 55.4 Å². The number of ether oxygens (including phenoxy) is 1. The number of hydrogen-bond donors (Lipinski definition) is 0. The molecule has 2 aromatic heterocycles. The van der Waals surface area contributed by atoms with Crippen molar-refractivity contribution in [2.24, 2.45) is 0 Å². The standard InChI is InChI=1S/C21H24FN5O/c1-28-14-13-26-12-10-23-21(26)17-3-2-11-27(15-17)20-9-8-19(24-25-20)16-4-6-18(22)7-5-16/h4-10,12,17H,2-3,11,13-15H2,1H3/t17-/m0/s1. The van der Waals surface area contributed by atoms with Crippen LogP contribution in [0, 0.1) is 5.82 Å². The number of imidazole rings is 1. The van der Waals surface area contributed by atoms with E-state index in [1.807, 2.05) is 24.5 Å². The van der Waals surface area contributed by atoms with Crippen LogP contribution in [-0.2, 0) is 11.3 Å². The average molecular weight is 381 g/mol. The summed E-state index contributed by atoms with van der Waals surface area (Å²) < 4.78 is 20.5. The lowest BCUT2D eigenvalue weighted by Crippen LogP contribution is -2.36. The Morgan fingerprint density at radius 2 is 2.00 bits per heavy atom. The molecule has 28 heavy (non-hydrogen) atoms. The zero-order valence-electron chi connectivity index (χ0n) is 16.0. The van der Waals surface area contributed by atoms with Crippen molar-refractivity contribution < 1.29 is 9.13 Å². The molecule has 0 unspecified atom stereocenters. The third kappa shape index (κ3) is 4.04. The largest absolute Gasteiger partial charge is 0.383 e. The molecule has 0 saturated carbocycles. The molecule has 146 valence electrons. The van der Waals surface area contributed by atoms with Crippen molar-refractivity contribution in [3.8, 4) is 11.3 Å². The van der Waals surface area contributed by atoms with Crippen LogP contribution < -0.4 is 4.90 Å². The van der Waals surface area contributed by atoms with E-state index in [-0.39, 0.29) is 5.82 Å². The van der Waals surface area contributed by atoms with Crippen molar-refractivity contribution in [3.63, 3.8) is 0 Å². The number of hydrogen-bond acceptors (Lipinski definition) is 5. The number of aromatic nitrogens is 4. The molecule has 3 heterocycles. The Bertz CT molecular complexity index is 894. The van der Waals surface area contributed by atoms with Gasteiger partial charge in [0.25, 0.3) is 0 Å². The lowest BCUT2D eigenvalue weighted by Gasteiger charge is -2.33. The van der Waals surface area contributed by atoms with E-state index in [1.165, 1.54) is 12.1 Å². The number of anilines is 1. The van der Waals surface area contributed by atoms with Gasteiger partial charge in [-0.2, -0.15) is 0 Å². The molecule has 1 aromatic carbocycles. The van der Waals surface area contributed by atoms with Crippen molar-refractivity contribution in [2.45, 2.75) is 25.3 Å². The molecule has 1 saturated heterocycles. The van der Waals surface area contributed by atoms with Crippen molar-refractivity contribution in [1.29, 1.82) is 0 Å². The van der Waals surface area contributed by atoms with Gasteiger partial charge in [0.15, 0.2) is 5.82 Å². The summed E-state index contributed by atoms with van der Waals surface area (Å²) >= 11 is 0. The van der Waals surface area contributed by atoms with Gasteiger partial charge in [0.1, 0.15) is 11.6 Å². The molecular weight excluding hydrogens is 357 g/mol. The second-order valence-electron chi connectivity index (χ2n) is 7.04. The molecular formula is C21H24FN5O. The highest BCUT2D eigenvalue weighted by atomic mass is 19.1. The van der Waals surface area contributed by atoms with Gasteiger partial charge < -0.3 is 14.2 Å². The summed E-state index contributed by atoms with van der Waals surface area (Å²) in [6, 6.07) is 10.2. The van der Waals surface area contributed by atoms with E-state index in [4.69, 9.17) is 4.74 Å². The molecule has 7 heteroatoms. The van der Waals surface area contributed by atoms with Gasteiger partial charge in [0.05, 0.1) is 12.3 Å². The smallest absolute Gasteiger partial charge is 0.151 e. The van der Waals surface area contributed by atoms with E-state index in [9.17, 15) is 4.39 Å². The normalized spacial score (nSPS) is 17.1. The van der Waals surface area contributed by atoms with E-state index in [2.05, 4.69) is 24.6 Å². The summed E-state index contributed by atoms with van der Waals surface area (Å²) in [6.45, 7) is 3.32. The first-order chi connectivity index (χ1) is 13.7. The Morgan fingerprint density at radius 1 is 1.14 bits per heavy atom. The Labute approximate surface area is 164 Å². The van der Waals surface area contributed by atoms with Gasteiger partial charge in [-0.3, -0.25) is 0 Å². The van der Waals surface area contributed by atoms with Gasteiger partial charge >= 0.3 is 0 Å². The molecule has 1 aliphatic rings. The summed E-state index contributed by atoms with van der Waals surface area (Å²) in [5, 5.41) is 8.77. The first-order valence-corrected chi connectivity index (χ1v) is 9.59. The molecule has 1 aliphatic heterocycles. The molecule has 1 atom stereocenters.